The Labute approximate surface area is 148 Å². The summed E-state index contributed by atoms with van der Waals surface area (Å²) >= 11 is 0. The van der Waals surface area contributed by atoms with Crippen LogP contribution >= 0.6 is 0 Å². The number of anilines is 1. The zero-order chi connectivity index (χ0) is 18.8. The van der Waals surface area contributed by atoms with Crippen LogP contribution in [0, 0.1) is 29.8 Å². The van der Waals surface area contributed by atoms with Crippen LogP contribution in [0.5, 0.6) is 0 Å². The number of amides is 1. The van der Waals surface area contributed by atoms with E-state index in [1.165, 1.54) is 29.1 Å². The minimum absolute atomic E-state index is 0.0819. The van der Waals surface area contributed by atoms with E-state index in [1.807, 2.05) is 0 Å². The molecule has 1 aromatic heterocycles. The monoisotopic (exact) mass is 354 g/mol. The highest BCUT2D eigenvalue weighted by molar-refractivity contribution is 6.05. The first-order chi connectivity index (χ1) is 12.4. The van der Waals surface area contributed by atoms with Gasteiger partial charge in [-0.05, 0) is 32.0 Å². The Balaban J connectivity index is 1.92. The average molecular weight is 354 g/mol. The van der Waals surface area contributed by atoms with Crippen molar-refractivity contribution in [1.82, 2.24) is 9.78 Å². The van der Waals surface area contributed by atoms with E-state index in [-0.39, 0.29) is 16.9 Å². The number of hydrogen-bond acceptors (Lipinski definition) is 4. The third-order valence-corrected chi connectivity index (χ3v) is 4.09. The third kappa shape index (κ3) is 3.04. The van der Waals surface area contributed by atoms with Crippen LogP contribution in [0.2, 0.25) is 0 Å². The number of hydrogen-bond donors (Lipinski definition) is 1. The van der Waals surface area contributed by atoms with Gasteiger partial charge in [-0.3, -0.25) is 14.9 Å². The number of benzene rings is 2. The van der Waals surface area contributed by atoms with Crippen molar-refractivity contribution in [2.75, 3.05) is 5.32 Å². The van der Waals surface area contributed by atoms with Gasteiger partial charge in [-0.25, -0.2) is 9.07 Å². The summed E-state index contributed by atoms with van der Waals surface area (Å²) in [4.78, 5) is 23.1. The normalized spacial score (nSPS) is 10.6. The van der Waals surface area contributed by atoms with Crippen LogP contribution in [0.25, 0.3) is 5.69 Å². The SMILES string of the molecule is Cc1c(NC(=O)c2cnn(-c3ccccc3F)c2C)cccc1[N+](=O)[O-]. The highest BCUT2D eigenvalue weighted by Crippen LogP contribution is 2.26. The second-order valence-electron chi connectivity index (χ2n) is 5.67. The van der Waals surface area contributed by atoms with Gasteiger partial charge in [-0.1, -0.05) is 18.2 Å². The van der Waals surface area contributed by atoms with Crippen LogP contribution < -0.4 is 5.32 Å². The van der Waals surface area contributed by atoms with Gasteiger partial charge in [-0.15, -0.1) is 0 Å². The molecule has 0 aliphatic rings. The van der Waals surface area contributed by atoms with Gasteiger partial charge in [0.2, 0.25) is 0 Å². The van der Waals surface area contributed by atoms with Gasteiger partial charge >= 0.3 is 0 Å². The molecule has 0 radical (unpaired) electrons. The smallest absolute Gasteiger partial charge is 0.274 e. The van der Waals surface area contributed by atoms with Crippen molar-refractivity contribution in [1.29, 1.82) is 0 Å². The maximum Gasteiger partial charge on any atom is 0.274 e. The average Bonchev–Trinajstić information content (AvgIpc) is 2.98. The molecule has 0 fully saturated rings. The largest absolute Gasteiger partial charge is 0.321 e. The van der Waals surface area contributed by atoms with E-state index in [4.69, 9.17) is 0 Å². The van der Waals surface area contributed by atoms with Crippen LogP contribution in [-0.2, 0) is 0 Å². The van der Waals surface area contributed by atoms with E-state index in [0.717, 1.165) is 0 Å². The van der Waals surface area contributed by atoms with Gasteiger partial charge in [-0.2, -0.15) is 5.10 Å². The Morgan fingerprint density at radius 2 is 1.92 bits per heavy atom. The Kier molecular flexibility index (Phi) is 4.49. The molecule has 1 amide bonds. The van der Waals surface area contributed by atoms with Crippen LogP contribution in [-0.4, -0.2) is 20.6 Å². The van der Waals surface area contributed by atoms with Gasteiger partial charge in [0.25, 0.3) is 11.6 Å². The fourth-order valence-corrected chi connectivity index (χ4v) is 2.65. The molecule has 2 aromatic carbocycles. The van der Waals surface area contributed by atoms with Crippen LogP contribution in [0.1, 0.15) is 21.6 Å². The van der Waals surface area contributed by atoms with Crippen molar-refractivity contribution in [3.05, 3.63) is 81.4 Å². The fourth-order valence-electron chi connectivity index (χ4n) is 2.65. The van der Waals surface area contributed by atoms with E-state index in [2.05, 4.69) is 10.4 Å². The molecule has 0 saturated carbocycles. The number of nitro groups is 1. The molecule has 0 saturated heterocycles. The summed E-state index contributed by atoms with van der Waals surface area (Å²) in [7, 11) is 0. The number of aromatic nitrogens is 2. The number of nitrogens with zero attached hydrogens (tertiary/aromatic N) is 3. The minimum atomic E-state index is -0.507. The molecule has 1 N–H and O–H groups in total. The van der Waals surface area contributed by atoms with Crippen LogP contribution in [0.3, 0.4) is 0 Å². The van der Waals surface area contributed by atoms with E-state index < -0.39 is 16.6 Å². The summed E-state index contributed by atoms with van der Waals surface area (Å²) in [6.07, 6.45) is 1.34. The lowest BCUT2D eigenvalue weighted by molar-refractivity contribution is -0.385. The van der Waals surface area contributed by atoms with Crippen LogP contribution in [0.4, 0.5) is 15.8 Å². The summed E-state index contributed by atoms with van der Waals surface area (Å²) < 4.78 is 15.3. The number of nitro benzene ring substituents is 1. The van der Waals surface area contributed by atoms with E-state index in [0.29, 0.717) is 16.9 Å². The van der Waals surface area contributed by atoms with E-state index >= 15 is 0 Å². The zero-order valence-corrected chi connectivity index (χ0v) is 14.1. The highest BCUT2D eigenvalue weighted by atomic mass is 19.1. The van der Waals surface area contributed by atoms with Crippen LogP contribution in [0.15, 0.2) is 48.7 Å². The Morgan fingerprint density at radius 1 is 1.19 bits per heavy atom. The fraction of sp³-hybridized carbons (Fsp3) is 0.111. The number of rotatable bonds is 4. The van der Waals surface area contributed by atoms with Gasteiger partial charge in [0.15, 0.2) is 0 Å². The third-order valence-electron chi connectivity index (χ3n) is 4.09. The van der Waals surface area contributed by atoms with Crippen molar-refractivity contribution < 1.29 is 14.1 Å². The number of nitrogens with one attached hydrogen (secondary N) is 1. The molecule has 26 heavy (non-hydrogen) atoms. The Bertz CT molecular complexity index is 1010. The number of halogens is 1. The number of para-hydroxylation sites is 1. The molecular weight excluding hydrogens is 339 g/mol. The summed E-state index contributed by atoms with van der Waals surface area (Å²) in [6.45, 7) is 3.21. The number of carbonyl (C=O) groups is 1. The molecule has 0 aliphatic heterocycles. The first-order valence-electron chi connectivity index (χ1n) is 7.75. The summed E-state index contributed by atoms with van der Waals surface area (Å²) in [6, 6.07) is 10.5. The first-order valence-corrected chi connectivity index (χ1v) is 7.75. The second-order valence-corrected chi connectivity index (χ2v) is 5.67. The molecule has 3 rings (SSSR count). The highest BCUT2D eigenvalue weighted by Gasteiger charge is 2.19. The lowest BCUT2D eigenvalue weighted by Crippen LogP contribution is -2.14. The molecule has 1 heterocycles. The quantitative estimate of drug-likeness (QED) is 0.570. The Morgan fingerprint density at radius 3 is 2.62 bits per heavy atom. The van der Waals surface area contributed by atoms with Crippen molar-refractivity contribution >= 4 is 17.3 Å². The molecular formula is C18H15FN4O3. The number of carbonyl (C=O) groups excluding carboxylic acids is 1. The second kappa shape index (κ2) is 6.75. The standard InChI is InChI=1S/C18H15FN4O3/c1-11-15(7-5-9-16(11)23(25)26)21-18(24)13-10-20-22(12(13)2)17-8-4-3-6-14(17)19/h3-10H,1-2H3,(H,21,24). The zero-order valence-electron chi connectivity index (χ0n) is 14.1. The molecule has 132 valence electrons. The predicted molar refractivity (Wildman–Crippen MR) is 94.0 cm³/mol. The maximum absolute atomic E-state index is 14.0. The first kappa shape index (κ1) is 17.3. The molecule has 8 heteroatoms. The van der Waals surface area contributed by atoms with E-state index in [1.54, 1.807) is 38.1 Å². The lowest BCUT2D eigenvalue weighted by atomic mass is 10.1. The summed E-state index contributed by atoms with van der Waals surface area (Å²) in [5.41, 5.74) is 1.54. The molecule has 0 unspecified atom stereocenters. The predicted octanol–water partition coefficient (Wildman–Crippen LogP) is 3.79. The molecule has 0 bridgehead atoms. The van der Waals surface area contributed by atoms with Crippen molar-refractivity contribution in [3.8, 4) is 5.69 Å². The lowest BCUT2D eigenvalue weighted by Gasteiger charge is -2.09. The van der Waals surface area contributed by atoms with Crippen molar-refractivity contribution in [3.63, 3.8) is 0 Å². The molecule has 0 aliphatic carbocycles. The van der Waals surface area contributed by atoms with Gasteiger partial charge in [0.05, 0.1) is 33.6 Å². The van der Waals surface area contributed by atoms with Crippen molar-refractivity contribution in [2.45, 2.75) is 13.8 Å². The molecule has 0 atom stereocenters. The summed E-state index contributed by atoms with van der Waals surface area (Å²) in [5.74, 6) is -0.936. The molecule has 3 aromatic rings. The van der Waals surface area contributed by atoms with Crippen molar-refractivity contribution in [2.24, 2.45) is 0 Å². The maximum atomic E-state index is 14.0. The van der Waals surface area contributed by atoms with Gasteiger partial charge < -0.3 is 5.32 Å². The van der Waals surface area contributed by atoms with E-state index in [9.17, 15) is 19.3 Å². The topological polar surface area (TPSA) is 90.1 Å². The van der Waals surface area contributed by atoms with Gasteiger partial charge in [0.1, 0.15) is 11.5 Å². The van der Waals surface area contributed by atoms with Gasteiger partial charge in [0, 0.05) is 6.07 Å². The molecule has 7 nitrogen and oxygen atoms in total. The Hall–Kier alpha value is -3.55. The molecule has 0 spiro atoms. The minimum Gasteiger partial charge on any atom is -0.321 e. The summed E-state index contributed by atoms with van der Waals surface area (Å²) in [5, 5.41) is 17.8.